The van der Waals surface area contributed by atoms with Crippen molar-refractivity contribution in [2.45, 2.75) is 26.6 Å². The van der Waals surface area contributed by atoms with Crippen LogP contribution in [0, 0.1) is 25.2 Å². The van der Waals surface area contributed by atoms with Gasteiger partial charge in [-0.25, -0.2) is 0 Å². The molecule has 0 heterocycles. The van der Waals surface area contributed by atoms with E-state index in [4.69, 9.17) is 4.74 Å². The minimum absolute atomic E-state index is 0.0646. The highest BCUT2D eigenvalue weighted by molar-refractivity contribution is 6.11. The predicted octanol–water partition coefficient (Wildman–Crippen LogP) is 7.60. The second-order valence-corrected chi connectivity index (χ2v) is 8.69. The first-order valence-electron chi connectivity index (χ1n) is 11.5. The van der Waals surface area contributed by atoms with Crippen LogP contribution in [-0.4, -0.2) is 5.91 Å². The van der Waals surface area contributed by atoms with Crippen LogP contribution in [0.15, 0.2) is 84.4 Å². The number of carbonyl (C=O) groups excluding carboxylic acids is 1. The number of halogens is 3. The summed E-state index contributed by atoms with van der Waals surface area (Å²) in [4.78, 5) is 12.9. The minimum atomic E-state index is -4.56. The Morgan fingerprint density at radius 1 is 0.973 bits per heavy atom. The summed E-state index contributed by atoms with van der Waals surface area (Å²) < 4.78 is 45.3. The maximum atomic E-state index is 13.1. The molecule has 0 saturated carbocycles. The number of ether oxygens (including phenoxy) is 1. The molecule has 186 valence electrons. The fourth-order valence-electron chi connectivity index (χ4n) is 4.13. The molecule has 7 heteroatoms. The number of amides is 1. The van der Waals surface area contributed by atoms with E-state index in [1.165, 1.54) is 18.2 Å². The Hall–Kier alpha value is -4.57. The van der Waals surface area contributed by atoms with Crippen LogP contribution < -0.4 is 10.1 Å². The highest BCUT2D eigenvalue weighted by Gasteiger charge is 2.30. The summed E-state index contributed by atoms with van der Waals surface area (Å²) >= 11 is 0. The van der Waals surface area contributed by atoms with Gasteiger partial charge in [0.05, 0.1) is 5.56 Å². The molecule has 4 rings (SSSR count). The van der Waals surface area contributed by atoms with Crippen molar-refractivity contribution in [3.05, 3.63) is 112 Å². The average Bonchev–Trinajstić information content (AvgIpc) is 2.85. The molecule has 0 aliphatic rings. The van der Waals surface area contributed by atoms with E-state index in [9.17, 15) is 23.2 Å². The van der Waals surface area contributed by atoms with Gasteiger partial charge in [0.2, 0.25) is 0 Å². The second kappa shape index (κ2) is 10.6. The first-order valence-corrected chi connectivity index (χ1v) is 11.5. The molecule has 0 fully saturated rings. The van der Waals surface area contributed by atoms with E-state index < -0.39 is 17.6 Å². The number of nitriles is 1. The van der Waals surface area contributed by atoms with Gasteiger partial charge in [0.25, 0.3) is 5.91 Å². The average molecular weight is 501 g/mol. The largest absolute Gasteiger partial charge is 0.488 e. The van der Waals surface area contributed by atoms with Gasteiger partial charge in [0.15, 0.2) is 0 Å². The maximum Gasteiger partial charge on any atom is 0.416 e. The third-order valence-electron chi connectivity index (χ3n) is 5.71. The van der Waals surface area contributed by atoms with Gasteiger partial charge in [-0.3, -0.25) is 4.79 Å². The van der Waals surface area contributed by atoms with Crippen LogP contribution in [0.5, 0.6) is 5.75 Å². The lowest BCUT2D eigenvalue weighted by Crippen LogP contribution is -2.14. The summed E-state index contributed by atoms with van der Waals surface area (Å²) in [7, 11) is 0. The molecule has 0 aromatic heterocycles. The van der Waals surface area contributed by atoms with Gasteiger partial charge in [0, 0.05) is 11.3 Å². The highest BCUT2D eigenvalue weighted by atomic mass is 19.4. The second-order valence-electron chi connectivity index (χ2n) is 8.69. The molecule has 0 spiro atoms. The highest BCUT2D eigenvalue weighted by Crippen LogP contribution is 2.32. The van der Waals surface area contributed by atoms with E-state index in [0.29, 0.717) is 11.3 Å². The van der Waals surface area contributed by atoms with Crippen molar-refractivity contribution in [2.24, 2.45) is 0 Å². The minimum Gasteiger partial charge on any atom is -0.488 e. The SMILES string of the molecule is Cc1cc(C)cc(COc2ccc3ccccc3c2/C=C(\C#N)C(=O)Nc2cccc(C(F)(F)F)c2)c1. The van der Waals surface area contributed by atoms with Crippen LogP contribution in [0.3, 0.4) is 0 Å². The van der Waals surface area contributed by atoms with Crippen molar-refractivity contribution in [1.29, 1.82) is 5.26 Å². The van der Waals surface area contributed by atoms with Crippen LogP contribution in [0.1, 0.15) is 27.8 Å². The molecule has 0 radical (unpaired) electrons. The molecule has 0 aliphatic carbocycles. The molecule has 1 N–H and O–H groups in total. The standard InChI is InChI=1S/C30H23F3N2O2/c1-19-12-20(2)14-21(13-19)18-37-28-11-10-22-6-3-4-9-26(22)27(28)15-23(17-34)29(36)35-25-8-5-7-24(16-25)30(31,32)33/h3-16H,18H2,1-2H3,(H,35,36)/b23-15+. The van der Waals surface area contributed by atoms with E-state index in [-0.39, 0.29) is 17.9 Å². The predicted molar refractivity (Wildman–Crippen MR) is 138 cm³/mol. The van der Waals surface area contributed by atoms with E-state index in [1.807, 2.05) is 62.4 Å². The summed E-state index contributed by atoms with van der Waals surface area (Å²) in [6, 6.07) is 23.3. The van der Waals surface area contributed by atoms with Gasteiger partial charge >= 0.3 is 6.18 Å². The van der Waals surface area contributed by atoms with Gasteiger partial charge in [-0.15, -0.1) is 0 Å². The fraction of sp³-hybridized carbons (Fsp3) is 0.133. The summed E-state index contributed by atoms with van der Waals surface area (Å²) in [6.45, 7) is 4.28. The number of benzene rings is 4. The molecule has 4 nitrogen and oxygen atoms in total. The number of hydrogen-bond acceptors (Lipinski definition) is 3. The molecule has 0 unspecified atom stereocenters. The maximum absolute atomic E-state index is 13.1. The smallest absolute Gasteiger partial charge is 0.416 e. The number of anilines is 1. The third-order valence-corrected chi connectivity index (χ3v) is 5.71. The molecule has 0 aliphatic heterocycles. The zero-order chi connectivity index (χ0) is 26.6. The van der Waals surface area contributed by atoms with Crippen LogP contribution in [0.4, 0.5) is 18.9 Å². The molecule has 0 bridgehead atoms. The lowest BCUT2D eigenvalue weighted by molar-refractivity contribution is -0.137. The molecular weight excluding hydrogens is 477 g/mol. The summed E-state index contributed by atoms with van der Waals surface area (Å²) in [5.74, 6) is -0.354. The van der Waals surface area contributed by atoms with Gasteiger partial charge in [-0.1, -0.05) is 65.7 Å². The van der Waals surface area contributed by atoms with E-state index in [0.717, 1.165) is 39.6 Å². The van der Waals surface area contributed by atoms with E-state index >= 15 is 0 Å². The molecular formula is C30H23F3N2O2. The topological polar surface area (TPSA) is 62.1 Å². The van der Waals surface area contributed by atoms with Crippen molar-refractivity contribution < 1.29 is 22.7 Å². The van der Waals surface area contributed by atoms with Gasteiger partial charge < -0.3 is 10.1 Å². The van der Waals surface area contributed by atoms with Crippen LogP contribution in [-0.2, 0) is 17.6 Å². The molecule has 37 heavy (non-hydrogen) atoms. The third kappa shape index (κ3) is 6.17. The van der Waals surface area contributed by atoms with E-state index in [1.54, 1.807) is 6.07 Å². The zero-order valence-corrected chi connectivity index (χ0v) is 20.2. The summed E-state index contributed by atoms with van der Waals surface area (Å²) in [6.07, 6.45) is -3.15. The number of rotatable bonds is 6. The Morgan fingerprint density at radius 3 is 2.41 bits per heavy atom. The van der Waals surface area contributed by atoms with E-state index in [2.05, 4.69) is 11.4 Å². The first kappa shape index (κ1) is 25.5. The molecule has 0 saturated heterocycles. The van der Waals surface area contributed by atoms with Crippen molar-refractivity contribution in [1.82, 2.24) is 0 Å². The Labute approximate surface area is 212 Å². The fourth-order valence-corrected chi connectivity index (χ4v) is 4.13. The van der Waals surface area contributed by atoms with Gasteiger partial charge in [-0.05, 0) is 60.5 Å². The van der Waals surface area contributed by atoms with Crippen molar-refractivity contribution >= 4 is 28.4 Å². The number of carbonyl (C=O) groups is 1. The van der Waals surface area contributed by atoms with Crippen LogP contribution in [0.25, 0.3) is 16.8 Å². The number of nitrogens with zero attached hydrogens (tertiary/aromatic N) is 1. The number of fused-ring (bicyclic) bond motifs is 1. The first-order chi connectivity index (χ1) is 17.6. The Morgan fingerprint density at radius 2 is 1.70 bits per heavy atom. The Bertz CT molecular complexity index is 1530. The lowest BCUT2D eigenvalue weighted by Gasteiger charge is -2.14. The monoisotopic (exact) mass is 500 g/mol. The summed E-state index contributed by atoms with van der Waals surface area (Å²) in [5, 5.41) is 13.8. The zero-order valence-electron chi connectivity index (χ0n) is 20.2. The quantitative estimate of drug-likeness (QED) is 0.219. The Balaban J connectivity index is 1.69. The number of nitrogens with one attached hydrogen (secondary N) is 1. The molecule has 4 aromatic carbocycles. The molecule has 1 amide bonds. The molecule has 4 aromatic rings. The Kier molecular flexibility index (Phi) is 7.30. The van der Waals surface area contributed by atoms with Crippen molar-refractivity contribution in [2.75, 3.05) is 5.32 Å². The number of alkyl halides is 3. The number of aryl methyl sites for hydroxylation is 2. The van der Waals surface area contributed by atoms with Crippen molar-refractivity contribution in [3.63, 3.8) is 0 Å². The normalized spacial score (nSPS) is 11.7. The van der Waals surface area contributed by atoms with Crippen LogP contribution >= 0.6 is 0 Å². The van der Waals surface area contributed by atoms with Crippen molar-refractivity contribution in [3.8, 4) is 11.8 Å². The number of hydrogen-bond donors (Lipinski definition) is 1. The van der Waals surface area contributed by atoms with Crippen LogP contribution in [0.2, 0.25) is 0 Å². The molecule has 0 atom stereocenters. The summed E-state index contributed by atoms with van der Waals surface area (Å²) in [5.41, 5.74) is 2.48. The lowest BCUT2D eigenvalue weighted by atomic mass is 10.0. The van der Waals surface area contributed by atoms with Gasteiger partial charge in [-0.2, -0.15) is 18.4 Å². The van der Waals surface area contributed by atoms with Gasteiger partial charge in [0.1, 0.15) is 24.0 Å².